The van der Waals surface area contributed by atoms with Gasteiger partial charge in [0.05, 0.1) is 39.3 Å². The third-order valence-corrected chi connectivity index (χ3v) is 18.4. The number of allylic oxidation sites excluding steroid dienone is 4. The van der Waals surface area contributed by atoms with Gasteiger partial charge in [-0.25, -0.2) is 16.4 Å². The molecule has 0 aliphatic rings. The van der Waals surface area contributed by atoms with Gasteiger partial charge in [-0.3, -0.25) is 34.8 Å². The van der Waals surface area contributed by atoms with Crippen LogP contribution in [0.1, 0.15) is 130 Å². The van der Waals surface area contributed by atoms with Crippen molar-refractivity contribution in [3.8, 4) is 57.5 Å². The van der Waals surface area contributed by atoms with E-state index in [1.54, 1.807) is 86.1 Å². The zero-order valence-corrected chi connectivity index (χ0v) is 73.8. The molecular weight excluding hydrogens is 1760 g/mol. The molecule has 0 unspecified atom stereocenters. The van der Waals surface area contributed by atoms with Crippen LogP contribution in [0, 0.1) is 5.21 Å². The van der Waals surface area contributed by atoms with Gasteiger partial charge in [-0.05, 0) is 223 Å². The summed E-state index contributed by atoms with van der Waals surface area (Å²) in [5.74, 6) is 2.32. The fourth-order valence-corrected chi connectivity index (χ4v) is 11.7. The van der Waals surface area contributed by atoms with Gasteiger partial charge in [0.2, 0.25) is 28.9 Å². The number of carbonyl (C=O) groups excluding carboxylic acids is 4. The van der Waals surface area contributed by atoms with E-state index in [-0.39, 0.29) is 80.6 Å². The van der Waals surface area contributed by atoms with E-state index in [0.717, 1.165) is 92.6 Å². The third-order valence-electron chi connectivity index (χ3n) is 17.4. The third kappa shape index (κ3) is 33.5. The molecule has 8 aromatic carbocycles. The molecule has 26 nitrogen and oxygen atoms in total. The smallest absolute Gasteiger partial charge is 0.759 e. The van der Waals surface area contributed by atoms with Crippen molar-refractivity contribution in [2.75, 3.05) is 40.6 Å². The Labute approximate surface area is 787 Å². The van der Waals surface area contributed by atoms with Crippen molar-refractivity contribution >= 4 is 124 Å². The van der Waals surface area contributed by atoms with Gasteiger partial charge >= 0.3 is 37.7 Å². The summed E-state index contributed by atoms with van der Waals surface area (Å²) in [6, 6.07) is 45.1. The minimum atomic E-state index is -0.764. The number of fused-ring (bicyclic) bond motifs is 4. The van der Waals surface area contributed by atoms with E-state index in [0.29, 0.717) is 130 Å². The Morgan fingerprint density at radius 2 is 0.555 bits per heavy atom. The van der Waals surface area contributed by atoms with Crippen molar-refractivity contribution < 1.29 is 138 Å². The van der Waals surface area contributed by atoms with Gasteiger partial charge in [0, 0.05) is 77.0 Å². The molecule has 4 aromatic heterocycles. The average Bonchev–Trinajstić information content (AvgIpc) is 1.51. The molecule has 0 spiro atoms. The van der Waals surface area contributed by atoms with E-state index >= 15 is 0 Å². The second-order valence-corrected chi connectivity index (χ2v) is 29.4. The van der Waals surface area contributed by atoms with Crippen LogP contribution in [0.4, 0.5) is 0 Å². The average molecular weight is 1870 g/mol. The Morgan fingerprint density at radius 3 is 0.758 bits per heavy atom. The Bertz CT molecular complexity index is 5420. The maximum Gasteiger partial charge on any atom is 1.00 e. The maximum absolute atomic E-state index is 11.5. The number of methoxy groups -OCH3 is 2. The van der Waals surface area contributed by atoms with Crippen molar-refractivity contribution in [3.05, 3.63) is 300 Å². The van der Waals surface area contributed by atoms with Crippen molar-refractivity contribution in [2.45, 2.75) is 112 Å². The van der Waals surface area contributed by atoms with Crippen LogP contribution in [0.25, 0.3) is 68.2 Å². The number of halogens is 2. The molecule has 0 saturated carbocycles. The van der Waals surface area contributed by atoms with Crippen LogP contribution in [-0.4, -0.2) is 79.9 Å². The summed E-state index contributed by atoms with van der Waals surface area (Å²) >= 11 is 6.84. The number of benzene rings is 8. The van der Waals surface area contributed by atoms with Gasteiger partial charge < -0.3 is 75.7 Å². The number of hydroxylamine groups is 4. The summed E-state index contributed by atoms with van der Waals surface area (Å²) in [4.78, 5) is 46.0. The Kier molecular flexibility index (Phi) is 48.7. The van der Waals surface area contributed by atoms with Gasteiger partial charge in [-0.2, -0.15) is 0 Å². The second kappa shape index (κ2) is 56.7. The fraction of sp³-hybridized carbons (Fsp3) is 0.224. The van der Waals surface area contributed by atoms with Gasteiger partial charge in [0.25, 0.3) is 17.7 Å². The van der Waals surface area contributed by atoms with Gasteiger partial charge in [0.1, 0.15) is 64.4 Å². The fourth-order valence-electron chi connectivity index (χ4n) is 11.2. The Hall–Kier alpha value is -12.3. The molecule has 4 heterocycles. The molecular formula is C98H109Br2Li2N4O22+. The SMILES string of the molecule is C.C.C.C.CC(C)=CCOc1c(OCc2ccc(Br)cc2)c(/C=C/C(=O)NO)cc2ccoc12.CC(C)=CCOc1c(OCc2ccc(Br)cc2)c(/C=C/C(=O)NO)cc2ccoc12.COc1ccc(COc2c(/C=C/C(=O)NO)cc3ccoc3c2OCC=C(C)C)cc1.COc1ccc(COc2c(/C=C/C(=O)N[O-])cc3ccoc3c2OCC=C(C)C)cc1.[Li+].[Li+]. The van der Waals surface area contributed by atoms with E-state index in [1.807, 2.05) is 213 Å². The molecule has 7 N–H and O–H groups in total. The molecule has 12 aromatic rings. The van der Waals surface area contributed by atoms with E-state index in [2.05, 4.69) is 31.9 Å². The molecule has 668 valence electrons. The zero-order valence-electron chi connectivity index (χ0n) is 70.6. The summed E-state index contributed by atoms with van der Waals surface area (Å²) in [7, 11) is 3.22. The molecule has 12 rings (SSSR count). The van der Waals surface area contributed by atoms with E-state index in [9.17, 15) is 24.4 Å². The predicted octanol–water partition coefficient (Wildman–Crippen LogP) is 17.7. The van der Waals surface area contributed by atoms with E-state index in [1.165, 1.54) is 29.8 Å². The first-order valence-electron chi connectivity index (χ1n) is 37.9. The number of ether oxygens (including phenoxy) is 10. The van der Waals surface area contributed by atoms with Crippen LogP contribution in [-0.2, 0) is 45.6 Å². The second-order valence-electron chi connectivity index (χ2n) is 27.6. The van der Waals surface area contributed by atoms with Gasteiger partial charge in [-0.15, -0.1) is 0 Å². The summed E-state index contributed by atoms with van der Waals surface area (Å²) in [5.41, 5.74) is 19.0. The van der Waals surface area contributed by atoms with Crippen molar-refractivity contribution in [1.29, 1.82) is 0 Å². The molecule has 0 aliphatic carbocycles. The molecule has 4 amide bonds. The zero-order chi connectivity index (χ0) is 87.5. The van der Waals surface area contributed by atoms with Crippen molar-refractivity contribution in [1.82, 2.24) is 21.9 Å². The molecule has 0 radical (unpaired) electrons. The number of carbonyl (C=O) groups is 4. The van der Waals surface area contributed by atoms with Crippen LogP contribution in [0.5, 0.6) is 57.5 Å². The predicted molar refractivity (Wildman–Crippen MR) is 501 cm³/mol. The molecule has 0 aliphatic heterocycles. The Morgan fingerprint density at radius 1 is 0.336 bits per heavy atom. The first kappa shape index (κ1) is 110. The normalized spacial score (nSPS) is 10.4. The number of nitrogens with one attached hydrogen (secondary N) is 4. The molecule has 0 bridgehead atoms. The summed E-state index contributed by atoms with van der Waals surface area (Å²) in [6.45, 7) is 18.4. The number of amides is 4. The number of hydrogen-bond acceptors (Lipinski definition) is 22. The van der Waals surface area contributed by atoms with Gasteiger partial charge in [0.15, 0.2) is 45.3 Å². The Balaban J connectivity index is 0.000000433. The van der Waals surface area contributed by atoms with Crippen LogP contribution < -0.4 is 107 Å². The molecule has 0 saturated heterocycles. The summed E-state index contributed by atoms with van der Waals surface area (Å²) in [6.07, 6.45) is 25.0. The number of hydrogen-bond donors (Lipinski definition) is 7. The summed E-state index contributed by atoms with van der Waals surface area (Å²) < 4.78 is 83.5. The van der Waals surface area contributed by atoms with E-state index in [4.69, 9.17) is 80.7 Å². The topological polar surface area (TPSA) is 345 Å². The molecule has 0 atom stereocenters. The minimum Gasteiger partial charge on any atom is -0.759 e. The summed E-state index contributed by atoms with van der Waals surface area (Å²) in [5, 5.41) is 40.2. The van der Waals surface area contributed by atoms with Crippen molar-refractivity contribution in [3.63, 3.8) is 0 Å². The first-order valence-corrected chi connectivity index (χ1v) is 39.5. The number of rotatable bonds is 34. The van der Waals surface area contributed by atoms with Crippen LogP contribution in [0.2, 0.25) is 0 Å². The quantitative estimate of drug-likeness (QED) is 0.00647. The van der Waals surface area contributed by atoms with Crippen LogP contribution in [0.15, 0.2) is 268 Å². The van der Waals surface area contributed by atoms with E-state index < -0.39 is 23.6 Å². The van der Waals surface area contributed by atoms with Crippen molar-refractivity contribution in [2.24, 2.45) is 0 Å². The number of furan rings is 4. The molecule has 128 heavy (non-hydrogen) atoms. The first-order chi connectivity index (χ1) is 59.0. The van der Waals surface area contributed by atoms with Crippen LogP contribution >= 0.6 is 31.9 Å². The largest absolute Gasteiger partial charge is 1.00 e. The minimum absolute atomic E-state index is 0. The van der Waals surface area contributed by atoms with Gasteiger partial charge in [-0.1, -0.05) is 132 Å². The monoisotopic (exact) mass is 1870 g/mol. The standard InChI is InChI=1S/C24H25NO6.C24H24NO6.2C23H22BrNO5.4CH4.2Li/c2*1-16(2)10-12-30-24-22-19(11-13-29-22)14-18(6-9-21(26)25-27)23(24)31-15-17-4-7-20(28-3)8-5-17;2*1-15(2)9-11-29-23-21-18(10-12-28-21)13-17(5-8-20(26)25-27)22(23)30-14-16-3-6-19(24)7-4-16;;;;;;/h4-11,13-14,27H,12,15H2,1-3H3,(H,25,26);4-11,13-14H,12,15H2,1-3H3,(H-,25,26,27);2*3-10,12-13,27H,11,14H2,1-2H3,(H,25,26);4*1H4;;/q;-1;;;;;;;2*+1/b2*9-6+;2*8-5+;;;;;;. The maximum atomic E-state index is 11.5. The van der Waals surface area contributed by atoms with Crippen LogP contribution in [0.3, 0.4) is 0 Å². The molecule has 30 heteroatoms. The molecule has 0 fully saturated rings.